The molecule has 1 N–H and O–H groups in total. The second-order valence-corrected chi connectivity index (χ2v) is 4.79. The zero-order valence-corrected chi connectivity index (χ0v) is 10.6. The lowest BCUT2D eigenvalue weighted by molar-refractivity contribution is 0.0941. The molecule has 4 nitrogen and oxygen atoms in total. The minimum atomic E-state index is -0.286. The van der Waals surface area contributed by atoms with Crippen molar-refractivity contribution >= 4 is 5.91 Å². The standard InChI is InChI=1S/C14H14FN3O/c1-18-13(14(19)16-11-6-7-11)8-12(17-18)9-2-4-10(15)5-3-9/h2-5,8,11H,6-7H2,1H3,(H,16,19). The van der Waals surface area contributed by atoms with Gasteiger partial charge >= 0.3 is 0 Å². The van der Waals surface area contributed by atoms with Crippen LogP contribution in [0.2, 0.25) is 0 Å². The predicted octanol–water partition coefficient (Wildman–Crippen LogP) is 2.12. The Morgan fingerprint density at radius 2 is 2.05 bits per heavy atom. The van der Waals surface area contributed by atoms with Crippen molar-refractivity contribution in [1.82, 2.24) is 15.1 Å². The molecule has 2 aromatic rings. The summed E-state index contributed by atoms with van der Waals surface area (Å²) >= 11 is 0. The van der Waals surface area contributed by atoms with E-state index in [2.05, 4.69) is 10.4 Å². The van der Waals surface area contributed by atoms with Crippen molar-refractivity contribution < 1.29 is 9.18 Å². The van der Waals surface area contributed by atoms with Crippen LogP contribution in [0.5, 0.6) is 0 Å². The summed E-state index contributed by atoms with van der Waals surface area (Å²) in [5.41, 5.74) is 1.98. The number of aryl methyl sites for hydroxylation is 1. The van der Waals surface area contributed by atoms with Gasteiger partial charge in [0.1, 0.15) is 11.5 Å². The van der Waals surface area contributed by atoms with Gasteiger partial charge in [-0.15, -0.1) is 0 Å². The first-order chi connectivity index (χ1) is 9.13. The second-order valence-electron chi connectivity index (χ2n) is 4.79. The van der Waals surface area contributed by atoms with Crippen molar-refractivity contribution in [2.75, 3.05) is 0 Å². The van der Waals surface area contributed by atoms with Crippen LogP contribution in [0.15, 0.2) is 30.3 Å². The topological polar surface area (TPSA) is 46.9 Å². The number of aromatic nitrogens is 2. The third-order valence-corrected chi connectivity index (χ3v) is 3.17. The monoisotopic (exact) mass is 259 g/mol. The molecule has 1 heterocycles. The first-order valence-electron chi connectivity index (χ1n) is 6.24. The minimum absolute atomic E-state index is 0.106. The SMILES string of the molecule is Cn1nc(-c2ccc(F)cc2)cc1C(=O)NC1CC1. The summed E-state index contributed by atoms with van der Waals surface area (Å²) in [6.07, 6.45) is 2.10. The third-order valence-electron chi connectivity index (χ3n) is 3.17. The number of nitrogens with zero attached hydrogens (tertiary/aromatic N) is 2. The predicted molar refractivity (Wildman–Crippen MR) is 69.1 cm³/mol. The van der Waals surface area contributed by atoms with Gasteiger partial charge in [-0.25, -0.2) is 4.39 Å². The highest BCUT2D eigenvalue weighted by Crippen LogP contribution is 2.21. The zero-order chi connectivity index (χ0) is 13.4. The van der Waals surface area contributed by atoms with Gasteiger partial charge in [-0.3, -0.25) is 9.48 Å². The zero-order valence-electron chi connectivity index (χ0n) is 10.6. The molecule has 0 bridgehead atoms. The first kappa shape index (κ1) is 11.9. The van der Waals surface area contributed by atoms with Crippen molar-refractivity contribution in [1.29, 1.82) is 0 Å². The van der Waals surface area contributed by atoms with E-state index in [1.54, 1.807) is 29.9 Å². The summed E-state index contributed by atoms with van der Waals surface area (Å²) in [7, 11) is 1.73. The van der Waals surface area contributed by atoms with E-state index in [1.165, 1.54) is 12.1 Å². The van der Waals surface area contributed by atoms with Crippen molar-refractivity contribution in [2.45, 2.75) is 18.9 Å². The van der Waals surface area contributed by atoms with Crippen LogP contribution >= 0.6 is 0 Å². The average molecular weight is 259 g/mol. The van der Waals surface area contributed by atoms with Gasteiger partial charge in [0.2, 0.25) is 0 Å². The summed E-state index contributed by atoms with van der Waals surface area (Å²) in [6, 6.07) is 8.12. The summed E-state index contributed by atoms with van der Waals surface area (Å²) < 4.78 is 14.4. The third kappa shape index (κ3) is 2.50. The van der Waals surface area contributed by atoms with E-state index in [0.29, 0.717) is 17.4 Å². The van der Waals surface area contributed by atoms with E-state index in [-0.39, 0.29) is 11.7 Å². The minimum Gasteiger partial charge on any atom is -0.348 e. The van der Waals surface area contributed by atoms with E-state index < -0.39 is 0 Å². The molecule has 1 aromatic carbocycles. The molecule has 19 heavy (non-hydrogen) atoms. The molecule has 1 aliphatic carbocycles. The van der Waals surface area contributed by atoms with Crippen LogP contribution in [-0.2, 0) is 7.05 Å². The normalized spacial score (nSPS) is 14.4. The number of halogens is 1. The van der Waals surface area contributed by atoms with Crippen LogP contribution < -0.4 is 5.32 Å². The lowest BCUT2D eigenvalue weighted by Gasteiger charge is -2.01. The Bertz CT molecular complexity index is 614. The van der Waals surface area contributed by atoms with Gasteiger partial charge in [0.15, 0.2) is 0 Å². The van der Waals surface area contributed by atoms with Gasteiger partial charge in [0.25, 0.3) is 5.91 Å². The van der Waals surface area contributed by atoms with Crippen LogP contribution in [-0.4, -0.2) is 21.7 Å². The lowest BCUT2D eigenvalue weighted by Crippen LogP contribution is -2.27. The highest BCUT2D eigenvalue weighted by molar-refractivity contribution is 5.94. The average Bonchev–Trinajstić information content (AvgIpc) is 3.11. The maximum atomic E-state index is 12.9. The first-order valence-corrected chi connectivity index (χ1v) is 6.24. The van der Waals surface area contributed by atoms with Crippen molar-refractivity contribution in [3.05, 3.63) is 41.8 Å². The molecular formula is C14H14FN3O. The highest BCUT2D eigenvalue weighted by Gasteiger charge is 2.25. The van der Waals surface area contributed by atoms with Gasteiger partial charge in [-0.1, -0.05) is 0 Å². The maximum Gasteiger partial charge on any atom is 0.269 e. The summed E-state index contributed by atoms with van der Waals surface area (Å²) in [6.45, 7) is 0. The molecule has 0 radical (unpaired) electrons. The molecule has 0 atom stereocenters. The van der Waals surface area contributed by atoms with Gasteiger partial charge in [-0.05, 0) is 43.2 Å². The molecule has 1 saturated carbocycles. The molecule has 1 aliphatic rings. The largest absolute Gasteiger partial charge is 0.348 e. The number of hydrogen-bond acceptors (Lipinski definition) is 2. The molecule has 1 aromatic heterocycles. The second kappa shape index (κ2) is 4.50. The number of benzene rings is 1. The molecule has 0 spiro atoms. The molecular weight excluding hydrogens is 245 g/mol. The van der Waals surface area contributed by atoms with E-state index >= 15 is 0 Å². The fraction of sp³-hybridized carbons (Fsp3) is 0.286. The van der Waals surface area contributed by atoms with Crippen molar-refractivity contribution in [3.63, 3.8) is 0 Å². The summed E-state index contributed by atoms with van der Waals surface area (Å²) in [4.78, 5) is 12.0. The summed E-state index contributed by atoms with van der Waals surface area (Å²) in [5, 5.41) is 7.22. The molecule has 98 valence electrons. The Balaban J connectivity index is 1.87. The Hall–Kier alpha value is -2.17. The van der Waals surface area contributed by atoms with Crippen molar-refractivity contribution in [3.8, 4) is 11.3 Å². The van der Waals surface area contributed by atoms with Gasteiger partial charge in [0.05, 0.1) is 5.69 Å². The van der Waals surface area contributed by atoms with E-state index in [9.17, 15) is 9.18 Å². The Morgan fingerprint density at radius 3 is 2.68 bits per heavy atom. The molecule has 1 amide bonds. The smallest absolute Gasteiger partial charge is 0.269 e. The Labute approximate surface area is 110 Å². The van der Waals surface area contributed by atoms with E-state index in [1.807, 2.05) is 0 Å². The molecule has 5 heteroatoms. The fourth-order valence-corrected chi connectivity index (χ4v) is 1.93. The van der Waals surface area contributed by atoms with Crippen LogP contribution in [0.25, 0.3) is 11.3 Å². The molecule has 0 unspecified atom stereocenters. The van der Waals surface area contributed by atoms with Crippen LogP contribution in [0.4, 0.5) is 4.39 Å². The molecule has 1 fully saturated rings. The maximum absolute atomic E-state index is 12.9. The Kier molecular flexibility index (Phi) is 2.81. The molecule has 0 aliphatic heterocycles. The van der Waals surface area contributed by atoms with Gasteiger partial charge in [0, 0.05) is 18.7 Å². The van der Waals surface area contributed by atoms with Gasteiger partial charge in [-0.2, -0.15) is 5.10 Å². The Morgan fingerprint density at radius 1 is 1.37 bits per heavy atom. The van der Waals surface area contributed by atoms with Gasteiger partial charge < -0.3 is 5.32 Å². The number of amides is 1. The number of carbonyl (C=O) groups is 1. The lowest BCUT2D eigenvalue weighted by atomic mass is 10.1. The van der Waals surface area contributed by atoms with E-state index in [4.69, 9.17) is 0 Å². The van der Waals surface area contributed by atoms with E-state index in [0.717, 1.165) is 18.4 Å². The van der Waals surface area contributed by atoms with Crippen molar-refractivity contribution in [2.24, 2.45) is 7.05 Å². The summed E-state index contributed by atoms with van der Waals surface area (Å²) in [5.74, 6) is -0.391. The molecule has 3 rings (SSSR count). The fourth-order valence-electron chi connectivity index (χ4n) is 1.93. The highest BCUT2D eigenvalue weighted by atomic mass is 19.1. The number of nitrogens with one attached hydrogen (secondary N) is 1. The van der Waals surface area contributed by atoms with Crippen LogP contribution in [0, 0.1) is 5.82 Å². The quantitative estimate of drug-likeness (QED) is 0.917. The molecule has 0 saturated heterocycles. The van der Waals surface area contributed by atoms with Crippen LogP contribution in [0.1, 0.15) is 23.3 Å². The number of carbonyl (C=O) groups excluding carboxylic acids is 1. The number of rotatable bonds is 3. The van der Waals surface area contributed by atoms with Crippen LogP contribution in [0.3, 0.4) is 0 Å². The number of hydrogen-bond donors (Lipinski definition) is 1.